The van der Waals surface area contributed by atoms with E-state index >= 15 is 0 Å². The molecule has 148 valence electrons. The van der Waals surface area contributed by atoms with Crippen molar-refractivity contribution in [2.45, 2.75) is 59.2 Å². The number of carbonyl (C=O) groups excluding carboxylic acids is 2. The van der Waals surface area contributed by atoms with Gasteiger partial charge in [-0.05, 0) is 69.6 Å². The molecule has 2 aromatic rings. The van der Waals surface area contributed by atoms with Gasteiger partial charge in [0.05, 0.1) is 10.9 Å². The van der Waals surface area contributed by atoms with Crippen molar-refractivity contribution >= 4 is 45.2 Å². The van der Waals surface area contributed by atoms with Gasteiger partial charge in [-0.2, -0.15) is 10.00 Å². The summed E-state index contributed by atoms with van der Waals surface area (Å²) >= 11 is 3.45. The monoisotopic (exact) mass is 439 g/mol. The molecular weight excluding hydrogens is 414 g/mol. The van der Waals surface area contributed by atoms with E-state index in [1.54, 1.807) is 27.0 Å². The van der Waals surface area contributed by atoms with Crippen LogP contribution in [0.5, 0.6) is 0 Å². The highest BCUT2D eigenvalue weighted by molar-refractivity contribution is 9.10. The summed E-state index contributed by atoms with van der Waals surface area (Å²) < 4.78 is 7.72. The minimum Gasteiger partial charge on any atom is -0.443 e. The first-order chi connectivity index (χ1) is 12.6. The molecule has 2 aromatic heterocycles. The molecule has 1 unspecified atom stereocenters. The summed E-state index contributed by atoms with van der Waals surface area (Å²) in [6.45, 7) is 9.91. The van der Waals surface area contributed by atoms with E-state index in [2.05, 4.69) is 38.3 Å². The maximum Gasteiger partial charge on any atom is 0.422 e. The number of aryl methyl sites for hydroxylation is 2. The van der Waals surface area contributed by atoms with Crippen molar-refractivity contribution in [2.75, 3.05) is 11.9 Å². The van der Waals surface area contributed by atoms with E-state index in [0.29, 0.717) is 29.0 Å². The van der Waals surface area contributed by atoms with E-state index < -0.39 is 11.7 Å². The first-order valence-corrected chi connectivity index (χ1v) is 9.54. The van der Waals surface area contributed by atoms with Gasteiger partial charge in [-0.25, -0.2) is 9.78 Å². The highest BCUT2D eigenvalue weighted by Crippen LogP contribution is 2.33. The average molecular weight is 440 g/mol. The van der Waals surface area contributed by atoms with Gasteiger partial charge in [0.2, 0.25) is 6.41 Å². The Balaban J connectivity index is 2.52. The molecule has 0 aliphatic heterocycles. The number of fused-ring (bicyclic) bond motifs is 1. The van der Waals surface area contributed by atoms with Gasteiger partial charge >= 0.3 is 6.09 Å². The van der Waals surface area contributed by atoms with Gasteiger partial charge in [0, 0.05) is 18.8 Å². The summed E-state index contributed by atoms with van der Waals surface area (Å²) in [5, 5.41) is 8.34. The number of hydrogen-bond acceptors (Lipinski definition) is 6. The second-order valence-electron chi connectivity index (χ2n) is 7.44. The molecule has 0 spiro atoms. The van der Waals surface area contributed by atoms with Crippen molar-refractivity contribution in [1.82, 2.24) is 20.1 Å². The predicted octanol–water partition coefficient (Wildman–Crippen LogP) is 3.40. The number of ether oxygens (including phenoxy) is 1. The van der Waals surface area contributed by atoms with Crippen LogP contribution in [0.4, 0.5) is 10.6 Å². The highest BCUT2D eigenvalue weighted by Gasteiger charge is 2.28. The molecule has 1 atom stereocenters. The molecule has 0 aromatic carbocycles. The Bertz CT molecular complexity index is 844. The third kappa shape index (κ3) is 4.84. The van der Waals surface area contributed by atoms with Crippen molar-refractivity contribution < 1.29 is 14.3 Å². The smallest absolute Gasteiger partial charge is 0.422 e. The van der Waals surface area contributed by atoms with Crippen LogP contribution < -0.4 is 10.2 Å². The zero-order valence-electron chi connectivity index (χ0n) is 16.5. The molecule has 27 heavy (non-hydrogen) atoms. The molecular formula is C18H26BrN5O3. The van der Waals surface area contributed by atoms with Gasteiger partial charge in [-0.1, -0.05) is 0 Å². The van der Waals surface area contributed by atoms with Crippen molar-refractivity contribution in [3.8, 4) is 0 Å². The second-order valence-corrected chi connectivity index (χ2v) is 8.19. The molecule has 2 amide bonds. The fourth-order valence-electron chi connectivity index (χ4n) is 2.61. The van der Waals surface area contributed by atoms with Crippen molar-refractivity contribution in [3.05, 3.63) is 16.4 Å². The van der Waals surface area contributed by atoms with Gasteiger partial charge in [0.25, 0.3) is 0 Å². The van der Waals surface area contributed by atoms with Crippen LogP contribution in [0.1, 0.15) is 39.7 Å². The number of carbonyl (C=O) groups is 2. The molecule has 1 N–H and O–H groups in total. The Hall–Kier alpha value is -2.00. The minimum atomic E-state index is -0.779. The lowest BCUT2D eigenvalue weighted by molar-refractivity contribution is -0.107. The van der Waals surface area contributed by atoms with Crippen LogP contribution in [-0.2, 0) is 16.1 Å². The number of nitrogens with zero attached hydrogens (tertiary/aromatic N) is 4. The fourth-order valence-corrected chi connectivity index (χ4v) is 3.17. The fraction of sp³-hybridized carbons (Fsp3) is 0.556. The van der Waals surface area contributed by atoms with Crippen molar-refractivity contribution in [1.29, 1.82) is 0 Å². The molecule has 0 fully saturated rings. The lowest BCUT2D eigenvalue weighted by Gasteiger charge is -2.23. The summed E-state index contributed by atoms with van der Waals surface area (Å²) in [5.74, 6) is 0.194. The topological polar surface area (TPSA) is 89.4 Å². The van der Waals surface area contributed by atoms with Gasteiger partial charge < -0.3 is 10.1 Å². The van der Waals surface area contributed by atoms with Crippen molar-refractivity contribution in [2.24, 2.45) is 0 Å². The van der Waals surface area contributed by atoms with Gasteiger partial charge in [0.1, 0.15) is 10.2 Å². The standard InChI is InChI=1S/C18H26BrN5O3/c1-11-9-21-16(23(10-25)17(26)27-18(3,4)5)13-14(11)24(22-15(13)19)8-7-12(2)20-6/h9-10,12,20H,7-8H2,1-6H3. The Kier molecular flexibility index (Phi) is 6.59. The molecule has 0 saturated heterocycles. The normalized spacial score (nSPS) is 12.9. The zero-order chi connectivity index (χ0) is 20.4. The number of amides is 2. The predicted molar refractivity (Wildman–Crippen MR) is 108 cm³/mol. The molecule has 2 heterocycles. The first kappa shape index (κ1) is 21.3. The van der Waals surface area contributed by atoms with Gasteiger partial charge in [0.15, 0.2) is 5.82 Å². The van der Waals surface area contributed by atoms with Gasteiger partial charge in [-0.15, -0.1) is 0 Å². The molecule has 0 radical (unpaired) electrons. The Morgan fingerprint density at radius 2 is 2.15 bits per heavy atom. The van der Waals surface area contributed by atoms with Crippen LogP contribution in [-0.4, -0.2) is 46.0 Å². The second kappa shape index (κ2) is 8.35. The summed E-state index contributed by atoms with van der Waals surface area (Å²) in [7, 11) is 1.91. The molecule has 0 saturated carbocycles. The summed E-state index contributed by atoms with van der Waals surface area (Å²) in [6, 6.07) is 0.331. The minimum absolute atomic E-state index is 0.194. The van der Waals surface area contributed by atoms with E-state index in [1.807, 2.05) is 18.7 Å². The highest BCUT2D eigenvalue weighted by atomic mass is 79.9. The number of aromatic nitrogens is 3. The third-order valence-electron chi connectivity index (χ3n) is 4.08. The summed E-state index contributed by atoms with van der Waals surface area (Å²) in [6.07, 6.45) is 2.14. The van der Waals surface area contributed by atoms with Gasteiger partial charge in [-0.3, -0.25) is 9.48 Å². The molecule has 9 heteroatoms. The van der Waals surface area contributed by atoms with Crippen molar-refractivity contribution in [3.63, 3.8) is 0 Å². The quantitative estimate of drug-likeness (QED) is 0.693. The number of hydrogen-bond donors (Lipinski definition) is 1. The van der Waals surface area contributed by atoms with E-state index in [0.717, 1.165) is 22.4 Å². The van der Waals surface area contributed by atoms with E-state index in [-0.39, 0.29) is 5.82 Å². The van der Waals surface area contributed by atoms with E-state index in [9.17, 15) is 9.59 Å². The molecule has 0 aliphatic rings. The number of imide groups is 1. The molecule has 8 nitrogen and oxygen atoms in total. The number of nitrogens with one attached hydrogen (secondary N) is 1. The summed E-state index contributed by atoms with van der Waals surface area (Å²) in [4.78, 5) is 29.3. The largest absolute Gasteiger partial charge is 0.443 e. The third-order valence-corrected chi connectivity index (χ3v) is 4.63. The Labute approximate surface area is 167 Å². The Morgan fingerprint density at radius 1 is 1.48 bits per heavy atom. The van der Waals surface area contributed by atoms with Crippen LogP contribution in [0, 0.1) is 6.92 Å². The SMILES string of the molecule is CNC(C)CCn1nc(Br)c2c(N(C=O)C(=O)OC(C)(C)C)ncc(C)c21. The van der Waals surface area contributed by atoms with Crippen LogP contribution in [0.25, 0.3) is 10.9 Å². The number of pyridine rings is 1. The first-order valence-electron chi connectivity index (χ1n) is 8.75. The average Bonchev–Trinajstić information content (AvgIpc) is 2.91. The number of anilines is 1. The maximum absolute atomic E-state index is 12.5. The number of halogens is 1. The zero-order valence-corrected chi connectivity index (χ0v) is 18.1. The Morgan fingerprint density at radius 3 is 2.70 bits per heavy atom. The van der Waals surface area contributed by atoms with Crippen LogP contribution in [0.3, 0.4) is 0 Å². The molecule has 2 rings (SSSR count). The van der Waals surface area contributed by atoms with E-state index in [4.69, 9.17) is 4.74 Å². The van der Waals surface area contributed by atoms with E-state index in [1.165, 1.54) is 0 Å². The maximum atomic E-state index is 12.5. The number of rotatable bonds is 6. The van der Waals surface area contributed by atoms with Crippen LogP contribution in [0.2, 0.25) is 0 Å². The lowest BCUT2D eigenvalue weighted by atomic mass is 10.2. The molecule has 0 aliphatic carbocycles. The molecule has 0 bridgehead atoms. The summed E-state index contributed by atoms with van der Waals surface area (Å²) in [5.41, 5.74) is 0.997. The van der Waals surface area contributed by atoms with Crippen LogP contribution in [0.15, 0.2) is 10.8 Å². The van der Waals surface area contributed by atoms with Crippen LogP contribution >= 0.6 is 15.9 Å². The lowest BCUT2D eigenvalue weighted by Crippen LogP contribution is -2.36.